The van der Waals surface area contributed by atoms with E-state index in [0.29, 0.717) is 5.56 Å². The molecule has 0 spiro atoms. The van der Waals surface area contributed by atoms with Gasteiger partial charge in [-0.05, 0) is 5.56 Å². The topological polar surface area (TPSA) is 89.9 Å². The molecule has 1 aromatic carbocycles. The summed E-state index contributed by atoms with van der Waals surface area (Å²) in [5, 5.41) is 3.12. The number of nitrogens with zero attached hydrogens (tertiary/aromatic N) is 1. The van der Waals surface area contributed by atoms with Crippen LogP contribution in [0, 0.1) is 0 Å². The molecule has 0 N–H and O–H groups in total. The van der Waals surface area contributed by atoms with E-state index in [0.717, 1.165) is 13.8 Å². The van der Waals surface area contributed by atoms with Gasteiger partial charge in [0.2, 0.25) is 0 Å². The van der Waals surface area contributed by atoms with Crippen molar-refractivity contribution in [1.82, 2.24) is 0 Å². The molecular weight excluding hydrogens is 270 g/mol. The Morgan fingerprint density at radius 2 is 1.63 bits per heavy atom. The Morgan fingerprint density at radius 3 is 2.11 bits per heavy atom. The van der Waals surface area contributed by atoms with Crippen molar-refractivity contribution in [2.75, 3.05) is 0 Å². The Kier molecular flexibility index (Phi) is 4.94. The third-order valence-electron chi connectivity index (χ3n) is 2.10. The van der Waals surface area contributed by atoms with Crippen LogP contribution in [0.15, 0.2) is 35.5 Å². The van der Waals surface area contributed by atoms with Crippen LogP contribution >= 0.6 is 0 Å². The lowest BCUT2D eigenvalue weighted by Crippen LogP contribution is -2.20. The van der Waals surface area contributed by atoms with Crippen LogP contribution in [-0.2, 0) is 29.7 Å². The molecule has 102 valence electrons. The number of oxime groups is 1. The van der Waals surface area contributed by atoms with E-state index in [1.165, 1.54) is 0 Å². The van der Waals surface area contributed by atoms with Crippen molar-refractivity contribution in [2.45, 2.75) is 19.6 Å². The Morgan fingerprint density at radius 1 is 1.11 bits per heavy atom. The highest BCUT2D eigenvalue weighted by atomic mass is 32.2. The first-order chi connectivity index (χ1) is 8.82. The normalized spacial score (nSPS) is 10.6. The van der Waals surface area contributed by atoms with E-state index in [4.69, 9.17) is 0 Å². The second-order valence-corrected chi connectivity index (χ2v) is 5.37. The maximum absolute atomic E-state index is 11.6. The second-order valence-electron chi connectivity index (χ2n) is 3.81. The van der Waals surface area contributed by atoms with Crippen LogP contribution in [0.25, 0.3) is 0 Å². The summed E-state index contributed by atoms with van der Waals surface area (Å²) in [4.78, 5) is 22.1. The first-order valence-electron chi connectivity index (χ1n) is 5.37. The number of Topliss-reactive ketones (excluding diaryl/α,β-unsaturated/α-hetero) is 2. The van der Waals surface area contributed by atoms with E-state index in [2.05, 4.69) is 9.44 Å². The predicted molar refractivity (Wildman–Crippen MR) is 68.9 cm³/mol. The Hall–Kier alpha value is -2.02. The van der Waals surface area contributed by atoms with Crippen LogP contribution in [0.1, 0.15) is 19.4 Å². The molecule has 0 fully saturated rings. The predicted octanol–water partition coefficient (Wildman–Crippen LogP) is 1.07. The monoisotopic (exact) mass is 283 g/mol. The van der Waals surface area contributed by atoms with Crippen LogP contribution < -0.4 is 0 Å². The smallest absolute Gasteiger partial charge is 0.292 e. The lowest BCUT2D eigenvalue weighted by atomic mass is 10.2. The van der Waals surface area contributed by atoms with Crippen LogP contribution in [-0.4, -0.2) is 25.7 Å². The minimum absolute atomic E-state index is 0.388. The highest BCUT2D eigenvalue weighted by Crippen LogP contribution is 2.07. The lowest BCUT2D eigenvalue weighted by molar-refractivity contribution is -0.115. The minimum Gasteiger partial charge on any atom is -0.292 e. The Balaban J connectivity index is 2.83. The summed E-state index contributed by atoms with van der Waals surface area (Å²) in [6.07, 6.45) is 0. The van der Waals surface area contributed by atoms with Gasteiger partial charge in [0, 0.05) is 13.8 Å². The van der Waals surface area contributed by atoms with E-state index in [9.17, 15) is 18.0 Å². The summed E-state index contributed by atoms with van der Waals surface area (Å²) in [5.41, 5.74) is -0.0125. The van der Waals surface area contributed by atoms with Crippen molar-refractivity contribution < 1.29 is 22.3 Å². The van der Waals surface area contributed by atoms with Crippen LogP contribution in [0.4, 0.5) is 0 Å². The molecule has 0 aromatic heterocycles. The molecule has 0 saturated heterocycles. The van der Waals surface area contributed by atoms with Gasteiger partial charge in [0.15, 0.2) is 17.3 Å². The zero-order valence-corrected chi connectivity index (χ0v) is 11.3. The summed E-state index contributed by atoms with van der Waals surface area (Å²) in [7, 11) is -3.99. The van der Waals surface area contributed by atoms with E-state index in [-0.39, 0.29) is 5.75 Å². The van der Waals surface area contributed by atoms with Gasteiger partial charge in [0.1, 0.15) is 5.75 Å². The molecule has 0 saturated carbocycles. The number of benzene rings is 1. The lowest BCUT2D eigenvalue weighted by Gasteiger charge is -2.02. The number of hydrogen-bond acceptors (Lipinski definition) is 6. The van der Waals surface area contributed by atoms with Crippen LogP contribution in [0.3, 0.4) is 0 Å². The largest absolute Gasteiger partial charge is 0.332 e. The van der Waals surface area contributed by atoms with Crippen molar-refractivity contribution >= 4 is 27.4 Å². The van der Waals surface area contributed by atoms with Crippen LogP contribution in [0.2, 0.25) is 0 Å². The molecule has 0 aliphatic heterocycles. The fraction of sp³-hybridized carbons (Fsp3) is 0.250. The maximum atomic E-state index is 11.6. The molecule has 0 amide bonds. The minimum atomic E-state index is -3.99. The highest BCUT2D eigenvalue weighted by Gasteiger charge is 2.17. The fourth-order valence-corrected chi connectivity index (χ4v) is 2.12. The standard InChI is InChI=1S/C12H13NO5S/c1-9(14)12(10(2)15)13-18-19(16,17)8-11-6-4-3-5-7-11/h3-7H,8H2,1-2H3. The summed E-state index contributed by atoms with van der Waals surface area (Å²) in [6, 6.07) is 8.34. The van der Waals surface area contributed by atoms with Gasteiger partial charge in [0.25, 0.3) is 0 Å². The molecule has 0 atom stereocenters. The van der Waals surface area contributed by atoms with Gasteiger partial charge in [-0.25, -0.2) is 0 Å². The number of rotatable bonds is 6. The zero-order chi connectivity index (χ0) is 14.5. The zero-order valence-electron chi connectivity index (χ0n) is 10.5. The molecule has 7 heteroatoms. The van der Waals surface area contributed by atoms with Gasteiger partial charge in [-0.15, -0.1) is 0 Å². The molecule has 0 aliphatic carbocycles. The molecule has 19 heavy (non-hydrogen) atoms. The molecule has 6 nitrogen and oxygen atoms in total. The first-order valence-corrected chi connectivity index (χ1v) is 6.94. The van der Waals surface area contributed by atoms with Gasteiger partial charge >= 0.3 is 10.1 Å². The van der Waals surface area contributed by atoms with Gasteiger partial charge in [-0.2, -0.15) is 8.42 Å². The summed E-state index contributed by atoms with van der Waals surface area (Å²) in [6.45, 7) is 2.21. The van der Waals surface area contributed by atoms with Crippen molar-refractivity contribution in [1.29, 1.82) is 0 Å². The second kappa shape index (κ2) is 6.24. The highest BCUT2D eigenvalue weighted by molar-refractivity contribution is 7.85. The third-order valence-corrected chi connectivity index (χ3v) is 3.08. The average molecular weight is 283 g/mol. The molecule has 0 heterocycles. The first kappa shape index (κ1) is 15.0. The Bertz CT molecular complexity index is 588. The fourth-order valence-electron chi connectivity index (χ4n) is 1.28. The Labute approximate surface area is 111 Å². The SMILES string of the molecule is CC(=O)C(=NOS(=O)(=O)Cc1ccccc1)C(C)=O. The van der Waals surface area contributed by atoms with E-state index >= 15 is 0 Å². The molecular formula is C12H13NO5S. The van der Waals surface area contributed by atoms with Gasteiger partial charge in [-0.1, -0.05) is 35.5 Å². The van der Waals surface area contributed by atoms with Crippen molar-refractivity contribution in [3.63, 3.8) is 0 Å². The van der Waals surface area contributed by atoms with Gasteiger partial charge in [-0.3, -0.25) is 13.9 Å². The number of carbonyl (C=O) groups excluding carboxylic acids is 2. The van der Waals surface area contributed by atoms with Crippen molar-refractivity contribution in [3.8, 4) is 0 Å². The van der Waals surface area contributed by atoms with E-state index < -0.39 is 27.4 Å². The van der Waals surface area contributed by atoms with E-state index in [1.54, 1.807) is 30.3 Å². The average Bonchev–Trinajstić information content (AvgIpc) is 2.28. The molecule has 0 unspecified atom stereocenters. The number of carbonyl (C=O) groups is 2. The molecule has 0 bridgehead atoms. The summed E-state index contributed by atoms with van der Waals surface area (Å²) in [5.74, 6) is -1.69. The maximum Gasteiger partial charge on any atom is 0.332 e. The van der Waals surface area contributed by atoms with Crippen LogP contribution in [0.5, 0.6) is 0 Å². The number of hydrogen-bond donors (Lipinski definition) is 0. The summed E-state index contributed by atoms with van der Waals surface area (Å²) >= 11 is 0. The van der Waals surface area contributed by atoms with Gasteiger partial charge < -0.3 is 0 Å². The molecule has 0 radical (unpaired) electrons. The van der Waals surface area contributed by atoms with Gasteiger partial charge in [0.05, 0.1) is 0 Å². The third kappa shape index (κ3) is 5.01. The quantitative estimate of drug-likeness (QED) is 0.442. The van der Waals surface area contributed by atoms with Crippen molar-refractivity contribution in [2.24, 2.45) is 5.16 Å². The summed E-state index contributed by atoms with van der Waals surface area (Å²) < 4.78 is 27.5. The molecule has 1 rings (SSSR count). The number of ketones is 2. The molecule has 0 aliphatic rings. The molecule has 1 aromatic rings. The van der Waals surface area contributed by atoms with Crippen molar-refractivity contribution in [3.05, 3.63) is 35.9 Å². The van der Waals surface area contributed by atoms with E-state index in [1.807, 2.05) is 0 Å².